The summed E-state index contributed by atoms with van der Waals surface area (Å²) in [4.78, 5) is 4.15. The molecule has 5 heteroatoms. The second kappa shape index (κ2) is 9.15. The summed E-state index contributed by atoms with van der Waals surface area (Å²) in [7, 11) is 1.74. The lowest BCUT2D eigenvalue weighted by Crippen LogP contribution is -2.43. The van der Waals surface area contributed by atoms with Crippen LogP contribution in [0.15, 0.2) is 29.3 Å². The zero-order valence-electron chi connectivity index (χ0n) is 12.7. The molecule has 0 radical (unpaired) electrons. The van der Waals surface area contributed by atoms with Crippen LogP contribution in [0.4, 0.5) is 4.39 Å². The van der Waals surface area contributed by atoms with Gasteiger partial charge in [-0.15, -0.1) is 24.0 Å². The molecule has 0 spiro atoms. The van der Waals surface area contributed by atoms with Crippen molar-refractivity contribution in [1.29, 1.82) is 0 Å². The van der Waals surface area contributed by atoms with E-state index in [1.165, 1.54) is 6.07 Å². The normalized spacial score (nSPS) is 11.8. The smallest absolute Gasteiger partial charge is 0.191 e. The van der Waals surface area contributed by atoms with Gasteiger partial charge in [-0.1, -0.05) is 39.0 Å². The van der Waals surface area contributed by atoms with Gasteiger partial charge < -0.3 is 10.6 Å². The minimum Gasteiger partial charge on any atom is -0.356 e. The van der Waals surface area contributed by atoms with Crippen LogP contribution < -0.4 is 10.6 Å². The minimum atomic E-state index is -0.296. The molecule has 20 heavy (non-hydrogen) atoms. The quantitative estimate of drug-likeness (QED) is 0.458. The Balaban J connectivity index is 0.00000361. The highest BCUT2D eigenvalue weighted by atomic mass is 127. The van der Waals surface area contributed by atoms with Crippen molar-refractivity contribution < 1.29 is 4.39 Å². The molecule has 2 N–H and O–H groups in total. The molecule has 0 aromatic heterocycles. The Hall–Kier alpha value is -0.850. The number of hydrogen-bond acceptors (Lipinski definition) is 1. The summed E-state index contributed by atoms with van der Waals surface area (Å²) in [5.41, 5.74) is 0.420. The molecule has 0 saturated heterocycles. The van der Waals surface area contributed by atoms with Crippen molar-refractivity contribution >= 4 is 29.9 Å². The van der Waals surface area contributed by atoms with Crippen LogP contribution in [-0.2, 0) is 5.41 Å². The van der Waals surface area contributed by atoms with E-state index in [2.05, 4.69) is 22.5 Å². The molecule has 0 bridgehead atoms. The topological polar surface area (TPSA) is 36.4 Å². The number of rotatable bonds is 5. The third-order valence-corrected chi connectivity index (χ3v) is 3.07. The summed E-state index contributed by atoms with van der Waals surface area (Å²) in [5, 5.41) is 6.45. The van der Waals surface area contributed by atoms with Crippen LogP contribution in [0.5, 0.6) is 0 Å². The maximum Gasteiger partial charge on any atom is 0.191 e. The molecule has 0 heterocycles. The zero-order valence-corrected chi connectivity index (χ0v) is 15.0. The van der Waals surface area contributed by atoms with Crippen LogP contribution >= 0.6 is 24.0 Å². The van der Waals surface area contributed by atoms with E-state index in [4.69, 9.17) is 0 Å². The van der Waals surface area contributed by atoms with E-state index in [1.807, 2.05) is 26.0 Å². The van der Waals surface area contributed by atoms with Gasteiger partial charge in [0.25, 0.3) is 0 Å². The van der Waals surface area contributed by atoms with Crippen LogP contribution in [0.3, 0.4) is 0 Å². The van der Waals surface area contributed by atoms with Gasteiger partial charge in [0.15, 0.2) is 5.96 Å². The second-order valence-corrected chi connectivity index (χ2v) is 5.22. The Morgan fingerprint density at radius 1 is 1.25 bits per heavy atom. The standard InChI is InChI=1S/C15H24FN3.HI/c1-5-10-18-14(17-4)19-11-15(2,3)12-8-6-7-9-13(12)16;/h6-9H,5,10-11H2,1-4H3,(H2,17,18,19);1H. The fourth-order valence-corrected chi connectivity index (χ4v) is 1.87. The monoisotopic (exact) mass is 393 g/mol. The largest absolute Gasteiger partial charge is 0.356 e. The molecule has 3 nitrogen and oxygen atoms in total. The SMILES string of the molecule is CCCNC(=NC)NCC(C)(C)c1ccccc1F.I. The van der Waals surface area contributed by atoms with Crippen LogP contribution in [0.2, 0.25) is 0 Å². The van der Waals surface area contributed by atoms with Gasteiger partial charge in [-0.2, -0.15) is 0 Å². The number of benzene rings is 1. The fraction of sp³-hybridized carbons (Fsp3) is 0.533. The first-order valence-electron chi connectivity index (χ1n) is 6.70. The summed E-state index contributed by atoms with van der Waals surface area (Å²) in [5.74, 6) is 0.595. The van der Waals surface area contributed by atoms with E-state index in [0.717, 1.165) is 18.9 Å². The van der Waals surface area contributed by atoms with E-state index < -0.39 is 0 Å². The highest BCUT2D eigenvalue weighted by molar-refractivity contribution is 14.0. The van der Waals surface area contributed by atoms with Gasteiger partial charge >= 0.3 is 0 Å². The molecule has 0 aliphatic rings. The lowest BCUT2D eigenvalue weighted by atomic mass is 9.84. The molecule has 0 saturated carbocycles. The number of halogens is 2. The van der Waals surface area contributed by atoms with Crippen molar-refractivity contribution in [3.05, 3.63) is 35.6 Å². The third-order valence-electron chi connectivity index (χ3n) is 3.07. The molecule has 0 fully saturated rings. The van der Waals surface area contributed by atoms with Gasteiger partial charge in [0.2, 0.25) is 0 Å². The van der Waals surface area contributed by atoms with E-state index in [1.54, 1.807) is 13.1 Å². The first-order valence-corrected chi connectivity index (χ1v) is 6.70. The molecule has 1 aromatic rings. The molecule has 0 aliphatic carbocycles. The molecule has 1 aromatic carbocycles. The van der Waals surface area contributed by atoms with E-state index in [9.17, 15) is 4.39 Å². The van der Waals surface area contributed by atoms with E-state index in [0.29, 0.717) is 12.1 Å². The molecule has 114 valence electrons. The fourth-order valence-electron chi connectivity index (χ4n) is 1.87. The van der Waals surface area contributed by atoms with Crippen molar-refractivity contribution in [1.82, 2.24) is 10.6 Å². The van der Waals surface area contributed by atoms with Crippen molar-refractivity contribution in [3.8, 4) is 0 Å². The predicted octanol–water partition coefficient (Wildman–Crippen LogP) is 3.30. The minimum absolute atomic E-state index is 0. The van der Waals surface area contributed by atoms with E-state index >= 15 is 0 Å². The average Bonchev–Trinajstić information content (AvgIpc) is 2.39. The molecule has 0 unspecified atom stereocenters. The summed E-state index contributed by atoms with van der Waals surface area (Å²) >= 11 is 0. The van der Waals surface area contributed by atoms with Crippen LogP contribution in [-0.4, -0.2) is 26.1 Å². The predicted molar refractivity (Wildman–Crippen MR) is 94.5 cm³/mol. The Morgan fingerprint density at radius 3 is 2.45 bits per heavy atom. The number of hydrogen-bond donors (Lipinski definition) is 2. The van der Waals surface area contributed by atoms with Gasteiger partial charge in [0.05, 0.1) is 0 Å². The van der Waals surface area contributed by atoms with Gasteiger partial charge in [-0.05, 0) is 18.1 Å². The summed E-state index contributed by atoms with van der Waals surface area (Å²) < 4.78 is 13.8. The second-order valence-electron chi connectivity index (χ2n) is 5.22. The van der Waals surface area contributed by atoms with Gasteiger partial charge in [0, 0.05) is 25.6 Å². The Bertz CT molecular complexity index is 433. The Labute approximate surface area is 138 Å². The number of guanidine groups is 1. The van der Waals surface area contributed by atoms with Gasteiger partial charge in [0.1, 0.15) is 5.82 Å². The maximum absolute atomic E-state index is 13.8. The van der Waals surface area contributed by atoms with E-state index in [-0.39, 0.29) is 35.2 Å². The summed E-state index contributed by atoms with van der Waals surface area (Å²) in [6.07, 6.45) is 1.04. The first kappa shape index (κ1) is 19.1. The Kier molecular flexibility index (Phi) is 8.76. The van der Waals surface area contributed by atoms with Crippen molar-refractivity contribution in [3.63, 3.8) is 0 Å². The summed E-state index contributed by atoms with van der Waals surface area (Å²) in [6, 6.07) is 6.91. The number of nitrogens with one attached hydrogen (secondary N) is 2. The molecule has 0 amide bonds. The molecular formula is C15H25FIN3. The molecular weight excluding hydrogens is 368 g/mol. The molecule has 1 rings (SSSR count). The highest BCUT2D eigenvalue weighted by Crippen LogP contribution is 2.24. The van der Waals surface area contributed by atoms with Crippen molar-refractivity contribution in [2.24, 2.45) is 4.99 Å². The van der Waals surface area contributed by atoms with Crippen molar-refractivity contribution in [2.45, 2.75) is 32.6 Å². The number of nitrogens with zero attached hydrogens (tertiary/aromatic N) is 1. The average molecular weight is 393 g/mol. The van der Waals surface area contributed by atoms with Crippen molar-refractivity contribution in [2.75, 3.05) is 20.1 Å². The maximum atomic E-state index is 13.8. The lowest BCUT2D eigenvalue weighted by molar-refractivity contribution is 0.473. The molecule has 0 aliphatic heterocycles. The lowest BCUT2D eigenvalue weighted by Gasteiger charge is -2.27. The van der Waals surface area contributed by atoms with Gasteiger partial charge in [-0.3, -0.25) is 4.99 Å². The number of aliphatic imine (C=N–C) groups is 1. The van der Waals surface area contributed by atoms with Gasteiger partial charge in [-0.25, -0.2) is 4.39 Å². The summed E-state index contributed by atoms with van der Waals surface area (Å²) in [6.45, 7) is 7.64. The van der Waals surface area contributed by atoms with Crippen LogP contribution in [0, 0.1) is 5.82 Å². The molecule has 0 atom stereocenters. The third kappa shape index (κ3) is 5.64. The Morgan fingerprint density at radius 2 is 1.90 bits per heavy atom. The highest BCUT2D eigenvalue weighted by Gasteiger charge is 2.23. The van der Waals surface area contributed by atoms with Crippen LogP contribution in [0.1, 0.15) is 32.8 Å². The first-order chi connectivity index (χ1) is 9.01. The zero-order chi connectivity index (χ0) is 14.3. The van der Waals surface area contributed by atoms with Crippen LogP contribution in [0.25, 0.3) is 0 Å².